The summed E-state index contributed by atoms with van der Waals surface area (Å²) in [5, 5.41) is 2.80. The van der Waals surface area contributed by atoms with E-state index in [1.54, 1.807) is 13.8 Å². The van der Waals surface area contributed by atoms with Gasteiger partial charge in [0, 0.05) is 23.9 Å². The van der Waals surface area contributed by atoms with Crippen molar-refractivity contribution in [2.45, 2.75) is 70.3 Å². The predicted octanol–water partition coefficient (Wildman–Crippen LogP) is 3.19. The van der Waals surface area contributed by atoms with Gasteiger partial charge in [-0.1, -0.05) is 13.8 Å². The van der Waals surface area contributed by atoms with E-state index in [0.29, 0.717) is 17.8 Å². The van der Waals surface area contributed by atoms with Crippen LogP contribution < -0.4 is 5.32 Å². The summed E-state index contributed by atoms with van der Waals surface area (Å²) in [4.78, 5) is 31.6. The second kappa shape index (κ2) is 11.1. The highest BCUT2D eigenvalue weighted by atomic mass is 32.2. The van der Waals surface area contributed by atoms with E-state index in [-0.39, 0.29) is 41.9 Å². The molecule has 1 amide bonds. The Balaban J connectivity index is 2.51. The summed E-state index contributed by atoms with van der Waals surface area (Å²) in [5.74, 6) is -3.41. The number of amides is 1. The van der Waals surface area contributed by atoms with Crippen LogP contribution in [0.3, 0.4) is 0 Å². The first-order valence-electron chi connectivity index (χ1n) is 8.50. The predicted molar refractivity (Wildman–Crippen MR) is 95.2 cm³/mol. The first kappa shape index (κ1) is 22.3. The topological polar surface area (TPSA) is 81.2 Å². The Labute approximate surface area is 156 Å². The molecule has 0 saturated carbocycles. The monoisotopic (exact) mass is 389 g/mol. The molecule has 146 valence electrons. The maximum absolute atomic E-state index is 12.4. The van der Waals surface area contributed by atoms with Crippen LogP contribution in [-0.4, -0.2) is 40.3 Å². The van der Waals surface area contributed by atoms with Gasteiger partial charge in [-0.05, 0) is 50.4 Å². The number of nitrogens with zero attached hydrogens (tertiary/aromatic N) is 2. The van der Waals surface area contributed by atoms with E-state index in [0.717, 1.165) is 18.4 Å². The molecule has 0 aromatic carbocycles. The number of hydrogen-bond acceptors (Lipinski definition) is 6. The SMILES string of the molecule is CCC(CC)NC(=O)COC(=O)CCc1c(C)nc(SC(F)F)nc1C. The lowest BCUT2D eigenvalue weighted by Crippen LogP contribution is -2.36. The van der Waals surface area contributed by atoms with Gasteiger partial charge in [-0.2, -0.15) is 8.78 Å². The second-order valence-corrected chi connectivity index (χ2v) is 6.73. The Morgan fingerprint density at radius 3 is 2.23 bits per heavy atom. The summed E-state index contributed by atoms with van der Waals surface area (Å²) >= 11 is 0.288. The minimum Gasteiger partial charge on any atom is -0.456 e. The number of hydrogen-bond donors (Lipinski definition) is 1. The number of nitrogens with one attached hydrogen (secondary N) is 1. The van der Waals surface area contributed by atoms with Gasteiger partial charge in [-0.25, -0.2) is 9.97 Å². The number of thioether (sulfide) groups is 1. The molecule has 1 heterocycles. The fourth-order valence-corrected chi connectivity index (χ4v) is 2.95. The number of rotatable bonds is 10. The van der Waals surface area contributed by atoms with Gasteiger partial charge in [-0.15, -0.1) is 0 Å². The van der Waals surface area contributed by atoms with E-state index in [4.69, 9.17) is 4.74 Å². The summed E-state index contributed by atoms with van der Waals surface area (Å²) < 4.78 is 29.8. The van der Waals surface area contributed by atoms with Gasteiger partial charge in [0.15, 0.2) is 11.8 Å². The van der Waals surface area contributed by atoms with Crippen molar-refractivity contribution >= 4 is 23.6 Å². The molecule has 0 aliphatic rings. The van der Waals surface area contributed by atoms with E-state index in [1.165, 1.54) is 0 Å². The summed E-state index contributed by atoms with van der Waals surface area (Å²) in [7, 11) is 0. The lowest BCUT2D eigenvalue weighted by atomic mass is 10.1. The summed E-state index contributed by atoms with van der Waals surface area (Å²) in [6.07, 6.45) is 2.01. The Morgan fingerprint density at radius 1 is 1.15 bits per heavy atom. The van der Waals surface area contributed by atoms with E-state index >= 15 is 0 Å². The Kier molecular flexibility index (Phi) is 9.47. The molecule has 0 unspecified atom stereocenters. The largest absolute Gasteiger partial charge is 0.456 e. The van der Waals surface area contributed by atoms with E-state index in [2.05, 4.69) is 15.3 Å². The second-order valence-electron chi connectivity index (χ2n) is 5.78. The number of esters is 1. The zero-order chi connectivity index (χ0) is 19.7. The molecule has 6 nitrogen and oxygen atoms in total. The molecule has 0 saturated heterocycles. The molecule has 0 radical (unpaired) electrons. The third kappa shape index (κ3) is 7.63. The number of alkyl halides is 2. The van der Waals surface area contributed by atoms with Crippen molar-refractivity contribution in [2.75, 3.05) is 6.61 Å². The molecule has 1 N–H and O–H groups in total. The van der Waals surface area contributed by atoms with Crippen LogP contribution in [-0.2, 0) is 20.7 Å². The summed E-state index contributed by atoms with van der Waals surface area (Å²) in [5.41, 5.74) is 1.84. The van der Waals surface area contributed by atoms with Gasteiger partial charge < -0.3 is 10.1 Å². The van der Waals surface area contributed by atoms with Crippen molar-refractivity contribution < 1.29 is 23.1 Å². The lowest BCUT2D eigenvalue weighted by Gasteiger charge is -2.14. The van der Waals surface area contributed by atoms with Crippen LogP contribution in [0.15, 0.2) is 5.16 Å². The molecule has 9 heteroatoms. The number of carbonyl (C=O) groups excluding carboxylic acids is 2. The molecular formula is C17H25F2N3O3S. The van der Waals surface area contributed by atoms with Gasteiger partial charge in [0.2, 0.25) is 0 Å². The molecule has 0 atom stereocenters. The van der Waals surface area contributed by atoms with Crippen LogP contribution >= 0.6 is 11.8 Å². The number of aromatic nitrogens is 2. The number of ether oxygens (including phenoxy) is 1. The summed E-state index contributed by atoms with van der Waals surface area (Å²) in [6.45, 7) is 7.01. The zero-order valence-corrected chi connectivity index (χ0v) is 16.3. The molecule has 1 rings (SSSR count). The fraction of sp³-hybridized carbons (Fsp3) is 0.647. The van der Waals surface area contributed by atoms with Crippen LogP contribution in [0, 0.1) is 13.8 Å². The third-order valence-corrected chi connectivity index (χ3v) is 4.46. The van der Waals surface area contributed by atoms with Crippen LogP contribution in [0.25, 0.3) is 0 Å². The molecule has 1 aromatic heterocycles. The maximum atomic E-state index is 12.4. The van der Waals surface area contributed by atoms with Crippen LogP contribution in [0.2, 0.25) is 0 Å². The molecule has 1 aromatic rings. The lowest BCUT2D eigenvalue weighted by molar-refractivity contribution is -0.148. The van der Waals surface area contributed by atoms with Crippen LogP contribution in [0.5, 0.6) is 0 Å². The quantitative estimate of drug-likeness (QED) is 0.376. The molecule has 26 heavy (non-hydrogen) atoms. The van der Waals surface area contributed by atoms with Crippen molar-refractivity contribution in [3.05, 3.63) is 17.0 Å². The van der Waals surface area contributed by atoms with Gasteiger partial charge in [0.1, 0.15) is 0 Å². The zero-order valence-electron chi connectivity index (χ0n) is 15.5. The van der Waals surface area contributed by atoms with E-state index < -0.39 is 11.7 Å². The highest BCUT2D eigenvalue weighted by Gasteiger charge is 2.15. The van der Waals surface area contributed by atoms with E-state index in [9.17, 15) is 18.4 Å². The van der Waals surface area contributed by atoms with Crippen molar-refractivity contribution in [1.82, 2.24) is 15.3 Å². The van der Waals surface area contributed by atoms with Crippen LogP contribution in [0.4, 0.5) is 8.78 Å². The van der Waals surface area contributed by atoms with Crippen molar-refractivity contribution in [1.29, 1.82) is 0 Å². The Morgan fingerprint density at radius 2 is 1.73 bits per heavy atom. The first-order valence-corrected chi connectivity index (χ1v) is 9.38. The minimum absolute atomic E-state index is 0.0133. The van der Waals surface area contributed by atoms with Crippen molar-refractivity contribution in [2.24, 2.45) is 0 Å². The fourth-order valence-electron chi connectivity index (χ4n) is 2.41. The van der Waals surface area contributed by atoms with Gasteiger partial charge >= 0.3 is 5.97 Å². The maximum Gasteiger partial charge on any atom is 0.306 e. The standard InChI is InChI=1S/C17H25F2N3O3S/c1-5-12(6-2)22-14(23)9-25-15(24)8-7-13-10(3)20-17(21-11(13)4)26-16(18)19/h12,16H,5-9H2,1-4H3,(H,22,23). The number of halogens is 2. The highest BCUT2D eigenvalue weighted by molar-refractivity contribution is 7.99. The number of aryl methyl sites for hydroxylation is 2. The normalized spacial score (nSPS) is 11.1. The average Bonchev–Trinajstić information content (AvgIpc) is 2.56. The molecule has 0 spiro atoms. The first-order chi connectivity index (χ1) is 12.3. The van der Waals surface area contributed by atoms with Gasteiger partial charge in [0.25, 0.3) is 11.7 Å². The van der Waals surface area contributed by atoms with Gasteiger partial charge in [-0.3, -0.25) is 9.59 Å². The average molecular weight is 389 g/mol. The van der Waals surface area contributed by atoms with Crippen LogP contribution in [0.1, 0.15) is 50.1 Å². The molecule has 0 fully saturated rings. The molecule has 0 bridgehead atoms. The number of carbonyl (C=O) groups is 2. The summed E-state index contributed by atoms with van der Waals surface area (Å²) in [6, 6.07) is 0.0771. The van der Waals surface area contributed by atoms with Crippen molar-refractivity contribution in [3.63, 3.8) is 0 Å². The van der Waals surface area contributed by atoms with Gasteiger partial charge in [0.05, 0.1) is 0 Å². The smallest absolute Gasteiger partial charge is 0.306 e. The third-order valence-electron chi connectivity index (χ3n) is 3.89. The van der Waals surface area contributed by atoms with E-state index in [1.807, 2.05) is 13.8 Å². The Hall–Kier alpha value is -1.77. The molecule has 0 aliphatic carbocycles. The molecular weight excluding hydrogens is 364 g/mol. The highest BCUT2D eigenvalue weighted by Crippen LogP contribution is 2.24. The Bertz CT molecular complexity index is 602. The molecule has 0 aliphatic heterocycles. The minimum atomic E-state index is -2.58. The van der Waals surface area contributed by atoms with Crippen molar-refractivity contribution in [3.8, 4) is 0 Å².